The average molecular weight is 342 g/mol. The summed E-state index contributed by atoms with van der Waals surface area (Å²) in [7, 11) is 0. The summed E-state index contributed by atoms with van der Waals surface area (Å²) in [6.07, 6.45) is 8.34. The standard InChI is InChI=1S/C20H30N4O/c1-2-21-20(23-17-11-4-3-5-12-17)22-15-19(25)24-14-8-10-16-9-6-7-13-18(16)24/h6-7,9,13,17H,2-5,8,10-12,14-15H2,1H3,(H2,21,22,23). The first-order valence-electron chi connectivity index (χ1n) is 9.71. The number of aliphatic imine (C=N–C) groups is 1. The molecule has 0 bridgehead atoms. The number of guanidine groups is 1. The topological polar surface area (TPSA) is 56.7 Å². The molecule has 1 aromatic rings. The third-order valence-electron chi connectivity index (χ3n) is 5.07. The van der Waals surface area contributed by atoms with Crippen LogP contribution in [0.15, 0.2) is 29.3 Å². The molecule has 0 saturated heterocycles. The molecule has 2 N–H and O–H groups in total. The highest BCUT2D eigenvalue weighted by molar-refractivity contribution is 5.97. The van der Waals surface area contributed by atoms with Crippen LogP contribution in [0.2, 0.25) is 0 Å². The number of carbonyl (C=O) groups excluding carboxylic acids is 1. The molecule has 0 aromatic heterocycles. The van der Waals surface area contributed by atoms with Crippen LogP contribution in [0, 0.1) is 0 Å². The van der Waals surface area contributed by atoms with Gasteiger partial charge in [-0.2, -0.15) is 0 Å². The van der Waals surface area contributed by atoms with Crippen LogP contribution in [-0.4, -0.2) is 37.5 Å². The van der Waals surface area contributed by atoms with Gasteiger partial charge in [-0.25, -0.2) is 4.99 Å². The maximum atomic E-state index is 12.7. The molecule has 1 amide bonds. The number of para-hydroxylation sites is 1. The second-order valence-corrected chi connectivity index (χ2v) is 6.95. The number of anilines is 1. The second kappa shape index (κ2) is 8.88. The number of nitrogens with zero attached hydrogens (tertiary/aromatic N) is 2. The predicted molar refractivity (Wildman–Crippen MR) is 103 cm³/mol. The number of nitrogens with one attached hydrogen (secondary N) is 2. The molecule has 2 aliphatic rings. The summed E-state index contributed by atoms with van der Waals surface area (Å²) < 4.78 is 0. The van der Waals surface area contributed by atoms with E-state index in [1.54, 1.807) is 0 Å². The monoisotopic (exact) mass is 342 g/mol. The van der Waals surface area contributed by atoms with Crippen molar-refractivity contribution in [2.75, 3.05) is 24.5 Å². The zero-order valence-electron chi connectivity index (χ0n) is 15.3. The van der Waals surface area contributed by atoms with E-state index in [4.69, 9.17) is 0 Å². The van der Waals surface area contributed by atoms with Crippen LogP contribution in [0.25, 0.3) is 0 Å². The van der Waals surface area contributed by atoms with Gasteiger partial charge in [0.1, 0.15) is 6.54 Å². The number of hydrogen-bond acceptors (Lipinski definition) is 2. The summed E-state index contributed by atoms with van der Waals surface area (Å²) in [6.45, 7) is 3.84. The number of carbonyl (C=O) groups is 1. The van der Waals surface area contributed by atoms with Crippen molar-refractivity contribution in [1.29, 1.82) is 0 Å². The highest BCUT2D eigenvalue weighted by atomic mass is 16.2. The lowest BCUT2D eigenvalue weighted by Gasteiger charge is -2.29. The lowest BCUT2D eigenvalue weighted by molar-refractivity contribution is -0.117. The summed E-state index contributed by atoms with van der Waals surface area (Å²) in [5, 5.41) is 6.78. The number of hydrogen-bond donors (Lipinski definition) is 2. The van der Waals surface area contributed by atoms with E-state index in [1.807, 2.05) is 23.1 Å². The number of fused-ring (bicyclic) bond motifs is 1. The smallest absolute Gasteiger partial charge is 0.248 e. The first-order valence-corrected chi connectivity index (χ1v) is 9.71. The lowest BCUT2D eigenvalue weighted by atomic mass is 9.96. The van der Waals surface area contributed by atoms with Crippen molar-refractivity contribution in [2.24, 2.45) is 4.99 Å². The summed E-state index contributed by atoms with van der Waals surface area (Å²) >= 11 is 0. The molecular weight excluding hydrogens is 312 g/mol. The molecule has 1 saturated carbocycles. The third kappa shape index (κ3) is 4.74. The number of rotatable bonds is 4. The van der Waals surface area contributed by atoms with Gasteiger partial charge in [0.15, 0.2) is 5.96 Å². The highest BCUT2D eigenvalue weighted by Gasteiger charge is 2.22. The van der Waals surface area contributed by atoms with E-state index in [0.29, 0.717) is 6.04 Å². The van der Waals surface area contributed by atoms with Crippen molar-refractivity contribution in [2.45, 2.75) is 57.9 Å². The minimum Gasteiger partial charge on any atom is -0.357 e. The minimum atomic E-state index is 0.0768. The Bertz CT molecular complexity index is 607. The molecule has 1 aliphatic carbocycles. The van der Waals surface area contributed by atoms with E-state index in [2.05, 4.69) is 28.6 Å². The molecule has 0 unspecified atom stereocenters. The van der Waals surface area contributed by atoms with Crippen LogP contribution < -0.4 is 15.5 Å². The van der Waals surface area contributed by atoms with E-state index in [9.17, 15) is 4.79 Å². The van der Waals surface area contributed by atoms with Gasteiger partial charge in [-0.1, -0.05) is 37.5 Å². The molecule has 3 rings (SSSR count). The van der Waals surface area contributed by atoms with Gasteiger partial charge in [0.25, 0.3) is 0 Å². The Morgan fingerprint density at radius 3 is 2.80 bits per heavy atom. The van der Waals surface area contributed by atoms with E-state index < -0.39 is 0 Å². The van der Waals surface area contributed by atoms with Crippen molar-refractivity contribution in [3.05, 3.63) is 29.8 Å². The van der Waals surface area contributed by atoms with Crippen LogP contribution >= 0.6 is 0 Å². The molecule has 1 aromatic carbocycles. The molecule has 5 nitrogen and oxygen atoms in total. The van der Waals surface area contributed by atoms with Crippen LogP contribution in [0.4, 0.5) is 5.69 Å². The normalized spacial score (nSPS) is 18.6. The fraction of sp³-hybridized carbons (Fsp3) is 0.600. The lowest BCUT2D eigenvalue weighted by Crippen LogP contribution is -2.45. The Hall–Kier alpha value is -2.04. The molecule has 1 aliphatic heterocycles. The van der Waals surface area contributed by atoms with E-state index in [0.717, 1.165) is 37.6 Å². The fourth-order valence-electron chi connectivity index (χ4n) is 3.79. The van der Waals surface area contributed by atoms with Crippen LogP contribution in [0.5, 0.6) is 0 Å². The molecular formula is C20H30N4O. The SMILES string of the molecule is CCNC(=NCC(=O)N1CCCc2ccccc21)NC1CCCCC1. The predicted octanol–water partition coefficient (Wildman–Crippen LogP) is 2.85. The van der Waals surface area contributed by atoms with Crippen LogP contribution in [-0.2, 0) is 11.2 Å². The van der Waals surface area contributed by atoms with Crippen molar-refractivity contribution in [3.63, 3.8) is 0 Å². The van der Waals surface area contributed by atoms with Gasteiger partial charge >= 0.3 is 0 Å². The van der Waals surface area contributed by atoms with Gasteiger partial charge in [0.05, 0.1) is 0 Å². The molecule has 25 heavy (non-hydrogen) atoms. The Balaban J connectivity index is 1.63. The minimum absolute atomic E-state index is 0.0768. The molecule has 1 fully saturated rings. The summed E-state index contributed by atoms with van der Waals surface area (Å²) in [6, 6.07) is 8.69. The summed E-state index contributed by atoms with van der Waals surface area (Å²) in [5.74, 6) is 0.848. The molecule has 0 radical (unpaired) electrons. The maximum Gasteiger partial charge on any atom is 0.248 e. The van der Waals surface area contributed by atoms with Crippen molar-refractivity contribution in [3.8, 4) is 0 Å². The third-order valence-corrected chi connectivity index (χ3v) is 5.07. The van der Waals surface area contributed by atoms with Gasteiger partial charge in [-0.15, -0.1) is 0 Å². The molecule has 0 spiro atoms. The largest absolute Gasteiger partial charge is 0.357 e. The van der Waals surface area contributed by atoms with Crippen LogP contribution in [0.3, 0.4) is 0 Å². The van der Waals surface area contributed by atoms with E-state index >= 15 is 0 Å². The summed E-state index contributed by atoms with van der Waals surface area (Å²) in [5.41, 5.74) is 2.32. The van der Waals surface area contributed by atoms with Gasteiger partial charge in [-0.3, -0.25) is 4.79 Å². The Morgan fingerprint density at radius 1 is 1.20 bits per heavy atom. The fourth-order valence-corrected chi connectivity index (χ4v) is 3.79. The molecule has 5 heteroatoms. The zero-order valence-corrected chi connectivity index (χ0v) is 15.3. The first kappa shape index (κ1) is 17.8. The quantitative estimate of drug-likeness (QED) is 0.653. The van der Waals surface area contributed by atoms with E-state index in [1.165, 1.54) is 37.7 Å². The number of aryl methyl sites for hydroxylation is 1. The molecule has 1 heterocycles. The van der Waals surface area contributed by atoms with Gasteiger partial charge in [-0.05, 0) is 44.2 Å². The van der Waals surface area contributed by atoms with Gasteiger partial charge in [0.2, 0.25) is 5.91 Å². The highest BCUT2D eigenvalue weighted by Crippen LogP contribution is 2.26. The van der Waals surface area contributed by atoms with Gasteiger partial charge in [0, 0.05) is 24.8 Å². The Labute approximate surface area is 150 Å². The van der Waals surface area contributed by atoms with Crippen molar-refractivity contribution in [1.82, 2.24) is 10.6 Å². The summed E-state index contributed by atoms with van der Waals surface area (Å²) in [4.78, 5) is 19.2. The first-order chi connectivity index (χ1) is 12.3. The average Bonchev–Trinajstić information content (AvgIpc) is 2.66. The van der Waals surface area contributed by atoms with Gasteiger partial charge < -0.3 is 15.5 Å². The zero-order chi connectivity index (χ0) is 17.5. The second-order valence-electron chi connectivity index (χ2n) is 6.95. The maximum absolute atomic E-state index is 12.7. The number of benzene rings is 1. The Kier molecular flexibility index (Phi) is 6.31. The van der Waals surface area contributed by atoms with Crippen LogP contribution in [0.1, 0.15) is 51.0 Å². The van der Waals surface area contributed by atoms with E-state index in [-0.39, 0.29) is 12.5 Å². The molecule has 0 atom stereocenters. The van der Waals surface area contributed by atoms with Crippen molar-refractivity contribution >= 4 is 17.6 Å². The van der Waals surface area contributed by atoms with Crippen molar-refractivity contribution < 1.29 is 4.79 Å². The molecule has 136 valence electrons. The Morgan fingerprint density at radius 2 is 2.00 bits per heavy atom. The number of amides is 1.